The molecule has 66 heavy (non-hydrogen) atoms. The molecule has 0 unspecified atom stereocenters. The minimum Gasteiger partial charge on any atom is -0.545 e. The quantitative estimate of drug-likeness (QED) is 0.0838. The summed E-state index contributed by atoms with van der Waals surface area (Å²) in [6.45, 7) is 16.2. The predicted octanol–water partition coefficient (Wildman–Crippen LogP) is 11.0. The normalized spacial score (nSPS) is 11.6. The van der Waals surface area contributed by atoms with Gasteiger partial charge < -0.3 is 30.0 Å². The van der Waals surface area contributed by atoms with E-state index in [1.165, 1.54) is 0 Å². The third kappa shape index (κ3) is 29.2. The Labute approximate surface area is 452 Å². The van der Waals surface area contributed by atoms with Gasteiger partial charge in [0.05, 0.1) is 71.2 Å². The number of benzene rings is 3. The van der Waals surface area contributed by atoms with E-state index >= 15 is 0 Å². The number of nitrogens with zero attached hydrogens (tertiary/aromatic N) is 3. The largest absolute Gasteiger partial charge is 0.545 e. The SMILES string of the molecule is C=C(Br)C(F)(F)F.C=C(c1cc(Cl)c(C#N)c(Cl)c1)C(F)(F)F.CC1(C)[B]B(c2cc(Cl)c(C#N)c(Cl)c2)[B]C1(C)C.CO.CO.CO.CO.N#Cc1c(Cl)cccc1Cl.[2H][C-]=O.[2H][C-]=O.[Ir].[Ir]. The van der Waals surface area contributed by atoms with E-state index in [1.54, 1.807) is 24.3 Å². The monoisotopic (exact) mass is 1470 g/mol. The molecule has 4 N–H and O–H groups in total. The zero-order valence-electron chi connectivity index (χ0n) is 37.7. The summed E-state index contributed by atoms with van der Waals surface area (Å²) < 4.78 is 79.9. The summed E-state index contributed by atoms with van der Waals surface area (Å²) in [5.41, 5.74) is 0.381. The van der Waals surface area contributed by atoms with Gasteiger partial charge in [0, 0.05) is 68.6 Å². The first-order valence-corrected chi connectivity index (χ1v) is 19.4. The maximum absolute atomic E-state index is 12.3. The first kappa shape index (κ1) is 75.6. The fourth-order valence-electron chi connectivity index (χ4n) is 4.08. The van der Waals surface area contributed by atoms with E-state index in [9.17, 15) is 26.3 Å². The van der Waals surface area contributed by atoms with Crippen LogP contribution in [0.25, 0.3) is 5.57 Å². The molecule has 0 aliphatic carbocycles. The summed E-state index contributed by atoms with van der Waals surface area (Å²) in [6.07, 6.45) is -8.83. The maximum Gasteiger partial charge on any atom is 0.422 e. The number of aliphatic hydroxyl groups is 4. The predicted molar refractivity (Wildman–Crippen MR) is 254 cm³/mol. The molecule has 0 atom stereocenters. The summed E-state index contributed by atoms with van der Waals surface area (Å²) in [5.74, 6) is 0. The van der Waals surface area contributed by atoms with Gasteiger partial charge in [-0.05, 0) is 57.9 Å². The van der Waals surface area contributed by atoms with E-state index in [-0.39, 0.29) is 78.5 Å². The molecule has 1 aliphatic rings. The van der Waals surface area contributed by atoms with Gasteiger partial charge in [-0.3, -0.25) is 13.5 Å². The number of hydrogen-bond acceptors (Lipinski definition) is 9. The summed E-state index contributed by atoms with van der Waals surface area (Å²) >= 11 is 36.9. The van der Waals surface area contributed by atoms with Crippen LogP contribution in [-0.2, 0) is 49.8 Å². The third-order valence-corrected chi connectivity index (χ3v) is 9.91. The zero-order valence-corrected chi connectivity index (χ0v) is 46.6. The molecule has 4 rings (SSSR count). The second-order valence-electron chi connectivity index (χ2n) is 11.8. The number of hydrogen-bond donors (Lipinski definition) is 4. The van der Waals surface area contributed by atoms with Gasteiger partial charge in [-0.2, -0.15) is 44.9 Å². The van der Waals surface area contributed by atoms with Crippen LogP contribution >= 0.6 is 85.5 Å². The van der Waals surface area contributed by atoms with E-state index in [0.29, 0.717) is 31.2 Å². The van der Waals surface area contributed by atoms with Gasteiger partial charge >= 0.3 is 12.4 Å². The molecule has 0 spiro atoms. The second-order valence-corrected chi connectivity index (χ2v) is 15.2. The van der Waals surface area contributed by atoms with E-state index in [0.717, 1.165) is 59.6 Å². The average molecular weight is 1470 g/mol. The standard InChI is InChI=1S/C13H14B3Cl2N.C10H4Cl2F3N.C7H3Cl2N.C3H2BrF3.4CH4O.2CHO.2Ir/c1-12(2)13(3,4)15-16(14-12)8-5-10(17)9(7-19)11(18)6-8;1-5(10(13,14)15)6-2-8(11)7(4-16)9(12)3-6;8-6-2-1-3-7(9)5(6)4-10;1-2(4)3(5,6)7;6*1-2;;/h5-6H,1-4H3;2-3H,1H2;1-3H;1H2;4*2H,1H3;2*1H;;/q;;;;;;;;2*-1;;/i;;;;;;;;2*1D;;. The van der Waals surface area contributed by atoms with Crippen molar-refractivity contribution in [3.8, 4) is 18.2 Å². The van der Waals surface area contributed by atoms with Crippen molar-refractivity contribution in [2.45, 2.75) is 50.7 Å². The molecule has 9 nitrogen and oxygen atoms in total. The molecular formula is C39H41B3BrCl6F6Ir2N3O6-2. The number of halogens is 13. The molecule has 0 aromatic heterocycles. The topological polar surface area (TPSA) is 186 Å². The van der Waals surface area contributed by atoms with E-state index in [1.807, 2.05) is 24.3 Å². The van der Waals surface area contributed by atoms with Crippen molar-refractivity contribution in [3.63, 3.8) is 0 Å². The third-order valence-electron chi connectivity index (χ3n) is 7.64. The smallest absolute Gasteiger partial charge is 0.422 e. The van der Waals surface area contributed by atoms with Gasteiger partial charge in [-0.25, -0.2) is 0 Å². The molecule has 1 saturated heterocycles. The summed E-state index contributed by atoms with van der Waals surface area (Å²) in [7, 11) is 8.64. The minimum absolute atomic E-state index is 0. The first-order valence-electron chi connectivity index (χ1n) is 17.4. The van der Waals surface area contributed by atoms with Crippen molar-refractivity contribution in [2.24, 2.45) is 0 Å². The van der Waals surface area contributed by atoms with Crippen LogP contribution in [0.2, 0.25) is 40.8 Å². The van der Waals surface area contributed by atoms with Gasteiger partial charge in [0.15, 0.2) is 0 Å². The molecular weight excluding hydrogens is 1430 g/mol. The fraction of sp³-hybridized carbons (Fsp3) is 0.308. The van der Waals surface area contributed by atoms with E-state index < -0.39 is 22.4 Å². The molecule has 0 bridgehead atoms. The Morgan fingerprint density at radius 2 is 0.894 bits per heavy atom. The van der Waals surface area contributed by atoms with Crippen molar-refractivity contribution in [3.05, 3.63) is 112 Å². The van der Waals surface area contributed by atoms with Crippen LogP contribution in [0.4, 0.5) is 26.3 Å². The number of allylic oxidation sites excluding steroid dienone is 2. The second kappa shape index (κ2) is 42.0. The molecule has 0 amide bonds. The molecule has 4 radical (unpaired) electrons. The van der Waals surface area contributed by atoms with Crippen molar-refractivity contribution in [1.29, 1.82) is 15.8 Å². The van der Waals surface area contributed by atoms with Crippen molar-refractivity contribution in [1.82, 2.24) is 0 Å². The number of rotatable bonds is 2. The summed E-state index contributed by atoms with van der Waals surface area (Å²) in [6, 6.07) is 16.3. The van der Waals surface area contributed by atoms with Crippen LogP contribution in [-0.4, -0.2) is 95.6 Å². The Kier molecular flexibility index (Phi) is 48.1. The molecule has 27 heteroatoms. The summed E-state index contributed by atoms with van der Waals surface area (Å²) in [4.78, 5) is 16.7. The first-order chi connectivity index (χ1) is 30.5. The Morgan fingerprint density at radius 3 is 1.11 bits per heavy atom. The van der Waals surface area contributed by atoms with Gasteiger partial charge in [0.1, 0.15) is 24.7 Å². The van der Waals surface area contributed by atoms with Crippen LogP contribution in [0.1, 0.15) is 52.7 Å². The van der Waals surface area contributed by atoms with Gasteiger partial charge in [-0.1, -0.05) is 133 Å². The summed E-state index contributed by atoms with van der Waals surface area (Å²) in [5, 5.41) is 55.7. The molecule has 1 fully saturated rings. The van der Waals surface area contributed by atoms with Crippen LogP contribution in [0, 0.1) is 34.0 Å². The van der Waals surface area contributed by atoms with Crippen molar-refractivity contribution in [2.75, 3.05) is 28.4 Å². The molecule has 3 aromatic rings. The van der Waals surface area contributed by atoms with Crippen LogP contribution < -0.4 is 5.46 Å². The Balaban J connectivity index is -0.000000111. The number of aliphatic hydroxyl groups excluding tert-OH is 4. The van der Waals surface area contributed by atoms with Crippen molar-refractivity contribution >= 4 is 131 Å². The van der Waals surface area contributed by atoms with E-state index in [2.05, 4.69) is 71.1 Å². The van der Waals surface area contributed by atoms with Gasteiger partial charge in [-0.15, -0.1) is 0 Å². The number of carbonyl (C=O) groups excluding carboxylic acids is 2. The fourth-order valence-corrected chi connectivity index (χ4v) is 5.72. The van der Waals surface area contributed by atoms with Crippen molar-refractivity contribution < 1.29 is 99.3 Å². The molecule has 1 aliphatic heterocycles. The number of alkyl halides is 6. The van der Waals surface area contributed by atoms with Crippen LogP contribution in [0.5, 0.6) is 0 Å². The Morgan fingerprint density at radius 1 is 0.652 bits per heavy atom. The Hall–Kier alpha value is -1.92. The average Bonchev–Trinajstić information content (AvgIpc) is 3.46. The van der Waals surface area contributed by atoms with Gasteiger partial charge in [0.2, 0.25) is 0 Å². The minimum atomic E-state index is -4.55. The van der Waals surface area contributed by atoms with Gasteiger partial charge in [0.25, 0.3) is 0 Å². The number of nitriles is 3. The molecule has 3 aromatic carbocycles. The van der Waals surface area contributed by atoms with E-state index in [4.69, 9.17) is 118 Å². The Bertz CT molecular complexity index is 2020. The molecule has 0 saturated carbocycles. The maximum atomic E-state index is 12.3. The molecule has 1 heterocycles. The zero-order chi connectivity index (χ0) is 54.0. The van der Waals surface area contributed by atoms with Crippen LogP contribution in [0.3, 0.4) is 0 Å². The van der Waals surface area contributed by atoms with Crippen LogP contribution in [0.15, 0.2) is 60.1 Å². The molecule has 368 valence electrons.